The Morgan fingerprint density at radius 3 is 2.87 bits per heavy atom. The number of hydrogen-bond donors (Lipinski definition) is 1. The number of hydrogen-bond acceptors (Lipinski definition) is 6. The SMILES string of the molecule is CC1CCCN(Cc2cn3c(=O)c(O)c(C(=O)CCc4ccc(Cl)c(Cl)c4)nc3s2)C1. The number of benzene rings is 1. The average molecular weight is 480 g/mol. The number of nitrogens with zero attached hydrogens (tertiary/aromatic N) is 3. The Hall–Kier alpha value is -1.93. The van der Waals surface area contributed by atoms with E-state index in [1.54, 1.807) is 24.4 Å². The van der Waals surface area contributed by atoms with Crippen LogP contribution in [0, 0.1) is 5.92 Å². The molecule has 0 spiro atoms. The number of thiazole rings is 1. The van der Waals surface area contributed by atoms with Gasteiger partial charge >= 0.3 is 5.56 Å². The molecule has 2 aromatic heterocycles. The van der Waals surface area contributed by atoms with E-state index in [2.05, 4.69) is 16.8 Å². The summed E-state index contributed by atoms with van der Waals surface area (Å²) in [6.45, 7) is 5.04. The highest BCUT2D eigenvalue weighted by Crippen LogP contribution is 2.25. The average Bonchev–Trinajstić information content (AvgIpc) is 3.14. The second kappa shape index (κ2) is 9.28. The van der Waals surface area contributed by atoms with E-state index in [1.807, 2.05) is 0 Å². The van der Waals surface area contributed by atoms with Gasteiger partial charge in [0, 0.05) is 30.6 Å². The van der Waals surface area contributed by atoms with Gasteiger partial charge in [-0.2, -0.15) is 0 Å². The van der Waals surface area contributed by atoms with E-state index in [0.29, 0.717) is 27.3 Å². The number of fused-ring (bicyclic) bond motifs is 1. The van der Waals surface area contributed by atoms with E-state index in [1.165, 1.54) is 28.6 Å². The molecule has 1 saturated heterocycles. The smallest absolute Gasteiger partial charge is 0.301 e. The van der Waals surface area contributed by atoms with Crippen LogP contribution < -0.4 is 5.56 Å². The fourth-order valence-corrected chi connectivity index (χ4v) is 5.30. The molecule has 31 heavy (non-hydrogen) atoms. The van der Waals surface area contributed by atoms with Gasteiger partial charge in [-0.3, -0.25) is 18.9 Å². The van der Waals surface area contributed by atoms with E-state index in [4.69, 9.17) is 23.2 Å². The van der Waals surface area contributed by atoms with Gasteiger partial charge in [-0.15, -0.1) is 0 Å². The van der Waals surface area contributed by atoms with Gasteiger partial charge in [-0.05, 0) is 49.4 Å². The van der Waals surface area contributed by atoms with Crippen molar-refractivity contribution >= 4 is 45.3 Å². The van der Waals surface area contributed by atoms with Gasteiger partial charge in [-0.1, -0.05) is 47.5 Å². The number of ketones is 1. The molecule has 4 rings (SSSR count). The fraction of sp³-hybridized carbons (Fsp3) is 0.409. The minimum absolute atomic E-state index is 0.0953. The van der Waals surface area contributed by atoms with Gasteiger partial charge in [0.25, 0.3) is 0 Å². The quantitative estimate of drug-likeness (QED) is 0.513. The number of aryl methyl sites for hydroxylation is 1. The van der Waals surface area contributed by atoms with Crippen LogP contribution in [-0.2, 0) is 13.0 Å². The molecule has 0 aliphatic carbocycles. The van der Waals surface area contributed by atoms with E-state index in [0.717, 1.165) is 30.1 Å². The summed E-state index contributed by atoms with van der Waals surface area (Å²) in [6.07, 6.45) is 4.63. The molecule has 0 radical (unpaired) electrons. The van der Waals surface area contributed by atoms with Crippen LogP contribution in [0.1, 0.15) is 47.1 Å². The number of carbonyl (C=O) groups is 1. The highest BCUT2D eigenvalue weighted by molar-refractivity contribution is 7.17. The molecule has 1 unspecified atom stereocenters. The first-order valence-electron chi connectivity index (χ1n) is 10.3. The molecular weight excluding hydrogens is 457 g/mol. The van der Waals surface area contributed by atoms with Crippen molar-refractivity contribution in [2.45, 2.75) is 39.2 Å². The van der Waals surface area contributed by atoms with Crippen LogP contribution in [0.15, 0.2) is 29.2 Å². The maximum Gasteiger partial charge on any atom is 0.301 e. The molecule has 1 fully saturated rings. The zero-order valence-electron chi connectivity index (χ0n) is 17.1. The fourth-order valence-electron chi connectivity index (χ4n) is 3.97. The third-order valence-electron chi connectivity index (χ3n) is 5.56. The van der Waals surface area contributed by atoms with Gasteiger partial charge in [0.05, 0.1) is 10.0 Å². The van der Waals surface area contributed by atoms with Gasteiger partial charge in [-0.25, -0.2) is 4.98 Å². The van der Waals surface area contributed by atoms with Crippen molar-refractivity contribution in [2.75, 3.05) is 13.1 Å². The summed E-state index contributed by atoms with van der Waals surface area (Å²) in [7, 11) is 0. The molecule has 0 saturated carbocycles. The number of halogens is 2. The zero-order chi connectivity index (χ0) is 22.1. The summed E-state index contributed by atoms with van der Waals surface area (Å²) in [5.41, 5.74) is 0.0525. The van der Waals surface area contributed by atoms with Gasteiger partial charge < -0.3 is 5.11 Å². The van der Waals surface area contributed by atoms with Crippen molar-refractivity contribution in [1.29, 1.82) is 0 Å². The van der Waals surface area contributed by atoms with Crippen LogP contribution in [0.2, 0.25) is 10.0 Å². The number of rotatable bonds is 6. The Morgan fingerprint density at radius 2 is 2.13 bits per heavy atom. The molecule has 164 valence electrons. The molecule has 3 aromatic rings. The second-order valence-corrected chi connectivity index (χ2v) is 10.0. The topological polar surface area (TPSA) is 74.9 Å². The molecule has 0 amide bonds. The maximum absolute atomic E-state index is 12.7. The normalized spacial score (nSPS) is 17.3. The molecule has 0 bridgehead atoms. The summed E-state index contributed by atoms with van der Waals surface area (Å²) in [5.74, 6) is -0.330. The minimum Gasteiger partial charge on any atom is -0.501 e. The number of Topliss-reactive ketones (excluding diaryl/α,β-unsaturated/α-hetero) is 1. The van der Waals surface area contributed by atoms with Crippen LogP contribution in [-0.4, -0.2) is 38.3 Å². The number of piperidine rings is 1. The van der Waals surface area contributed by atoms with Crippen molar-refractivity contribution < 1.29 is 9.90 Å². The Labute approximate surface area is 194 Å². The first-order valence-corrected chi connectivity index (χ1v) is 11.8. The Bertz CT molecular complexity index is 1190. The third kappa shape index (κ3) is 4.95. The predicted octanol–water partition coefficient (Wildman–Crippen LogP) is 4.82. The molecular formula is C22H23Cl2N3O3S. The molecule has 3 heterocycles. The van der Waals surface area contributed by atoms with Gasteiger partial charge in [0.15, 0.2) is 16.4 Å². The van der Waals surface area contributed by atoms with Gasteiger partial charge in [0.2, 0.25) is 5.75 Å². The lowest BCUT2D eigenvalue weighted by molar-refractivity contribution is 0.0975. The zero-order valence-corrected chi connectivity index (χ0v) is 19.4. The third-order valence-corrected chi connectivity index (χ3v) is 7.27. The Morgan fingerprint density at radius 1 is 1.32 bits per heavy atom. The Balaban J connectivity index is 1.53. The van der Waals surface area contributed by atoms with Crippen molar-refractivity contribution in [1.82, 2.24) is 14.3 Å². The first kappa shape index (κ1) is 22.3. The maximum atomic E-state index is 12.7. The van der Waals surface area contributed by atoms with E-state index in [9.17, 15) is 14.7 Å². The summed E-state index contributed by atoms with van der Waals surface area (Å²) in [5, 5.41) is 11.2. The molecule has 1 aliphatic heterocycles. The van der Waals surface area contributed by atoms with E-state index in [-0.39, 0.29) is 17.9 Å². The van der Waals surface area contributed by atoms with Gasteiger partial charge in [0.1, 0.15) is 0 Å². The predicted molar refractivity (Wildman–Crippen MR) is 124 cm³/mol. The number of aromatic nitrogens is 2. The highest BCUT2D eigenvalue weighted by atomic mass is 35.5. The van der Waals surface area contributed by atoms with E-state index >= 15 is 0 Å². The monoisotopic (exact) mass is 479 g/mol. The van der Waals surface area contributed by atoms with Crippen LogP contribution in [0.4, 0.5) is 0 Å². The van der Waals surface area contributed by atoms with Crippen molar-refractivity contribution in [2.24, 2.45) is 5.92 Å². The van der Waals surface area contributed by atoms with Crippen LogP contribution in [0.3, 0.4) is 0 Å². The molecule has 1 aromatic carbocycles. The molecule has 9 heteroatoms. The van der Waals surface area contributed by atoms with Crippen molar-refractivity contribution in [3.8, 4) is 5.75 Å². The lowest BCUT2D eigenvalue weighted by Crippen LogP contribution is -2.33. The summed E-state index contributed by atoms with van der Waals surface area (Å²) >= 11 is 13.3. The van der Waals surface area contributed by atoms with Crippen molar-refractivity contribution in [3.63, 3.8) is 0 Å². The standard InChI is InChI=1S/C22H23Cl2N3O3S/c1-13-3-2-8-26(10-13)11-15-12-27-21(30)20(29)19(25-22(27)31-15)18(28)7-5-14-4-6-16(23)17(24)9-14/h4,6,9,12-13,29H,2-3,5,7-8,10-11H2,1H3. The van der Waals surface area contributed by atoms with Crippen LogP contribution in [0.25, 0.3) is 4.96 Å². The molecule has 1 atom stereocenters. The first-order chi connectivity index (χ1) is 14.8. The highest BCUT2D eigenvalue weighted by Gasteiger charge is 2.22. The largest absolute Gasteiger partial charge is 0.501 e. The molecule has 1 N–H and O–H groups in total. The number of likely N-dealkylation sites (tertiary alicyclic amines) is 1. The minimum atomic E-state index is -0.614. The number of aromatic hydroxyl groups is 1. The van der Waals surface area contributed by atoms with Crippen LogP contribution >= 0.6 is 34.5 Å². The van der Waals surface area contributed by atoms with Crippen LogP contribution in [0.5, 0.6) is 5.75 Å². The second-order valence-electron chi connectivity index (χ2n) is 8.12. The molecule has 6 nitrogen and oxygen atoms in total. The summed E-state index contributed by atoms with van der Waals surface area (Å²) < 4.78 is 1.33. The van der Waals surface area contributed by atoms with Crippen molar-refractivity contribution in [3.05, 3.63) is 60.9 Å². The lowest BCUT2D eigenvalue weighted by atomic mass is 10.0. The summed E-state index contributed by atoms with van der Waals surface area (Å²) in [6, 6.07) is 5.17. The van der Waals surface area contributed by atoms with E-state index < -0.39 is 11.3 Å². The Kier molecular flexibility index (Phi) is 6.67. The lowest BCUT2D eigenvalue weighted by Gasteiger charge is -2.30. The number of carbonyl (C=O) groups excluding carboxylic acids is 1. The molecule has 1 aliphatic rings. The summed E-state index contributed by atoms with van der Waals surface area (Å²) in [4.78, 5) is 33.5.